The Morgan fingerprint density at radius 1 is 1.40 bits per heavy atom. The molecule has 3 heteroatoms. The van der Waals surface area contributed by atoms with E-state index in [1.165, 1.54) is 6.07 Å². The number of hydrogen-bond acceptors (Lipinski definition) is 2. The number of aromatic nitrogens is 1. The van der Waals surface area contributed by atoms with Gasteiger partial charge in [0.1, 0.15) is 5.82 Å². The average Bonchev–Trinajstić information content (AvgIpc) is 2.70. The van der Waals surface area contributed by atoms with Crippen LogP contribution in [0.3, 0.4) is 0 Å². The molecule has 1 nitrogen and oxygen atoms in total. The maximum atomic E-state index is 13.1. The van der Waals surface area contributed by atoms with Crippen LogP contribution in [-0.4, -0.2) is 4.98 Å². The van der Waals surface area contributed by atoms with E-state index in [-0.39, 0.29) is 5.82 Å². The number of halogens is 1. The number of thiazole rings is 1. The van der Waals surface area contributed by atoms with Crippen LogP contribution in [0, 0.1) is 12.7 Å². The predicted octanol–water partition coefficient (Wildman–Crippen LogP) is 3.82. The lowest BCUT2D eigenvalue weighted by Crippen LogP contribution is -1.85. The molecule has 1 aromatic heterocycles. The first-order chi connectivity index (χ1) is 7.20. The van der Waals surface area contributed by atoms with Crippen molar-refractivity contribution in [2.75, 3.05) is 0 Å². The quantitative estimate of drug-likeness (QED) is 0.751. The van der Waals surface area contributed by atoms with E-state index >= 15 is 0 Å². The van der Waals surface area contributed by atoms with E-state index in [1.54, 1.807) is 24.3 Å². The molecule has 0 aliphatic heterocycles. The zero-order valence-electron chi connectivity index (χ0n) is 8.75. The molecule has 78 valence electrons. The van der Waals surface area contributed by atoms with Gasteiger partial charge in [0.2, 0.25) is 0 Å². The molecule has 0 N–H and O–H groups in total. The molecular formula is C12H12FNS. The Morgan fingerprint density at radius 3 is 2.80 bits per heavy atom. The van der Waals surface area contributed by atoms with Gasteiger partial charge in [-0.3, -0.25) is 0 Å². The molecular weight excluding hydrogens is 209 g/mol. The molecule has 2 aromatic rings. The second-order valence-electron chi connectivity index (χ2n) is 3.44. The van der Waals surface area contributed by atoms with Gasteiger partial charge in [-0.05, 0) is 37.1 Å². The molecule has 1 heterocycles. The first kappa shape index (κ1) is 10.3. The van der Waals surface area contributed by atoms with E-state index in [4.69, 9.17) is 0 Å². The lowest BCUT2D eigenvalue weighted by atomic mass is 10.1. The van der Waals surface area contributed by atoms with E-state index in [0.29, 0.717) is 5.56 Å². The molecule has 0 amide bonds. The van der Waals surface area contributed by atoms with Crippen LogP contribution in [-0.2, 0) is 6.42 Å². The Labute approximate surface area is 92.6 Å². The summed E-state index contributed by atoms with van der Waals surface area (Å²) in [5.74, 6) is -0.162. The molecule has 0 radical (unpaired) electrons. The van der Waals surface area contributed by atoms with E-state index in [9.17, 15) is 4.39 Å². The summed E-state index contributed by atoms with van der Waals surface area (Å²) in [6.45, 7) is 3.85. The van der Waals surface area contributed by atoms with Crippen LogP contribution in [0.2, 0.25) is 0 Å². The molecule has 0 unspecified atom stereocenters. The Bertz CT molecular complexity index is 476. The first-order valence-electron chi connectivity index (χ1n) is 4.91. The third kappa shape index (κ3) is 2.07. The number of rotatable bonds is 2. The van der Waals surface area contributed by atoms with Crippen LogP contribution < -0.4 is 0 Å². The Morgan fingerprint density at radius 2 is 2.20 bits per heavy atom. The second-order valence-corrected chi connectivity index (χ2v) is 4.39. The molecule has 0 bridgehead atoms. The van der Waals surface area contributed by atoms with Crippen molar-refractivity contribution in [3.05, 3.63) is 40.0 Å². The Balaban J connectivity index is 2.40. The number of benzene rings is 1. The highest BCUT2D eigenvalue weighted by Gasteiger charge is 2.05. The maximum absolute atomic E-state index is 13.1. The van der Waals surface area contributed by atoms with Gasteiger partial charge >= 0.3 is 0 Å². The van der Waals surface area contributed by atoms with Gasteiger partial charge in [0.05, 0.1) is 10.7 Å². The highest BCUT2D eigenvalue weighted by atomic mass is 32.1. The van der Waals surface area contributed by atoms with Crippen LogP contribution in [0.5, 0.6) is 0 Å². The fourth-order valence-electron chi connectivity index (χ4n) is 1.41. The summed E-state index contributed by atoms with van der Waals surface area (Å²) >= 11 is 1.65. The highest BCUT2D eigenvalue weighted by Crippen LogP contribution is 2.23. The molecule has 0 aliphatic carbocycles. The van der Waals surface area contributed by atoms with Gasteiger partial charge < -0.3 is 0 Å². The number of aryl methyl sites for hydroxylation is 2. The van der Waals surface area contributed by atoms with Gasteiger partial charge in [0.25, 0.3) is 0 Å². The van der Waals surface area contributed by atoms with Crippen LogP contribution in [0.1, 0.15) is 17.5 Å². The van der Waals surface area contributed by atoms with Crippen molar-refractivity contribution in [2.24, 2.45) is 0 Å². The van der Waals surface area contributed by atoms with Crippen molar-refractivity contribution in [3.63, 3.8) is 0 Å². The first-order valence-corrected chi connectivity index (χ1v) is 5.79. The van der Waals surface area contributed by atoms with Crippen molar-refractivity contribution in [2.45, 2.75) is 20.3 Å². The van der Waals surface area contributed by atoms with Crippen LogP contribution >= 0.6 is 11.3 Å². The van der Waals surface area contributed by atoms with Crippen molar-refractivity contribution in [1.82, 2.24) is 4.98 Å². The summed E-state index contributed by atoms with van der Waals surface area (Å²) < 4.78 is 13.1. The Hall–Kier alpha value is -1.22. The Kier molecular flexibility index (Phi) is 2.82. The van der Waals surface area contributed by atoms with E-state index < -0.39 is 0 Å². The van der Waals surface area contributed by atoms with Crippen molar-refractivity contribution in [3.8, 4) is 11.3 Å². The van der Waals surface area contributed by atoms with Crippen molar-refractivity contribution in [1.29, 1.82) is 0 Å². The standard InChI is InChI=1S/C12H12FNS/c1-3-12-14-11(7-15-12)9-4-5-10(13)8(2)6-9/h4-7H,3H2,1-2H3. The van der Waals surface area contributed by atoms with Crippen molar-refractivity contribution < 1.29 is 4.39 Å². The summed E-state index contributed by atoms with van der Waals surface area (Å²) in [6, 6.07) is 5.11. The predicted molar refractivity (Wildman–Crippen MR) is 61.6 cm³/mol. The topological polar surface area (TPSA) is 12.9 Å². The molecule has 0 saturated heterocycles. The monoisotopic (exact) mass is 221 g/mol. The summed E-state index contributed by atoms with van der Waals surface area (Å²) in [5.41, 5.74) is 2.60. The minimum Gasteiger partial charge on any atom is -0.241 e. The van der Waals surface area contributed by atoms with Crippen LogP contribution in [0.15, 0.2) is 23.6 Å². The maximum Gasteiger partial charge on any atom is 0.126 e. The smallest absolute Gasteiger partial charge is 0.126 e. The molecule has 0 saturated carbocycles. The van der Waals surface area contributed by atoms with Gasteiger partial charge in [-0.1, -0.05) is 6.92 Å². The highest BCUT2D eigenvalue weighted by molar-refractivity contribution is 7.09. The molecule has 0 atom stereocenters. The fraction of sp³-hybridized carbons (Fsp3) is 0.250. The largest absolute Gasteiger partial charge is 0.241 e. The van der Waals surface area contributed by atoms with E-state index in [2.05, 4.69) is 11.9 Å². The lowest BCUT2D eigenvalue weighted by molar-refractivity contribution is 0.619. The summed E-state index contributed by atoms with van der Waals surface area (Å²) in [4.78, 5) is 4.47. The van der Waals surface area contributed by atoms with Gasteiger partial charge in [-0.2, -0.15) is 0 Å². The average molecular weight is 221 g/mol. The van der Waals surface area contributed by atoms with Gasteiger partial charge in [0, 0.05) is 10.9 Å². The summed E-state index contributed by atoms with van der Waals surface area (Å²) in [6.07, 6.45) is 0.949. The minimum absolute atomic E-state index is 0.162. The fourth-order valence-corrected chi connectivity index (χ4v) is 2.16. The summed E-state index contributed by atoms with van der Waals surface area (Å²) in [5, 5.41) is 3.14. The van der Waals surface area contributed by atoms with Crippen LogP contribution in [0.25, 0.3) is 11.3 Å². The summed E-state index contributed by atoms with van der Waals surface area (Å²) in [7, 11) is 0. The lowest BCUT2D eigenvalue weighted by Gasteiger charge is -1.99. The molecule has 0 fully saturated rings. The minimum atomic E-state index is -0.162. The SMILES string of the molecule is CCc1nc(-c2ccc(F)c(C)c2)cs1. The third-order valence-electron chi connectivity index (χ3n) is 2.31. The third-order valence-corrected chi connectivity index (χ3v) is 3.30. The normalized spacial score (nSPS) is 10.6. The molecule has 0 spiro atoms. The number of nitrogens with zero attached hydrogens (tertiary/aromatic N) is 1. The zero-order chi connectivity index (χ0) is 10.8. The van der Waals surface area contributed by atoms with Gasteiger partial charge in [-0.25, -0.2) is 9.37 Å². The number of hydrogen-bond donors (Lipinski definition) is 0. The van der Waals surface area contributed by atoms with Gasteiger partial charge in [0.15, 0.2) is 0 Å². The molecule has 2 rings (SSSR count). The molecule has 15 heavy (non-hydrogen) atoms. The van der Waals surface area contributed by atoms with Crippen LogP contribution in [0.4, 0.5) is 4.39 Å². The zero-order valence-corrected chi connectivity index (χ0v) is 9.57. The molecule has 0 aliphatic rings. The van der Waals surface area contributed by atoms with Crippen molar-refractivity contribution >= 4 is 11.3 Å². The van der Waals surface area contributed by atoms with E-state index in [0.717, 1.165) is 22.7 Å². The van der Waals surface area contributed by atoms with Gasteiger partial charge in [-0.15, -0.1) is 11.3 Å². The second kappa shape index (κ2) is 4.11. The van der Waals surface area contributed by atoms with E-state index in [1.807, 2.05) is 11.4 Å². The molecule has 1 aromatic carbocycles.